The predicted octanol–water partition coefficient (Wildman–Crippen LogP) is 2.84. The van der Waals surface area contributed by atoms with E-state index >= 15 is 0 Å². The summed E-state index contributed by atoms with van der Waals surface area (Å²) in [5, 5.41) is 11.6. The van der Waals surface area contributed by atoms with E-state index in [1.54, 1.807) is 28.8 Å². The largest absolute Gasteiger partial charge is 0.485 e. The zero-order chi connectivity index (χ0) is 21.7. The van der Waals surface area contributed by atoms with Gasteiger partial charge >= 0.3 is 0 Å². The van der Waals surface area contributed by atoms with Crippen molar-refractivity contribution in [2.75, 3.05) is 11.1 Å². The van der Waals surface area contributed by atoms with Gasteiger partial charge in [0.05, 0.1) is 17.0 Å². The van der Waals surface area contributed by atoms with Crippen LogP contribution in [0.25, 0.3) is 0 Å². The van der Waals surface area contributed by atoms with E-state index in [2.05, 4.69) is 15.5 Å². The number of anilines is 1. The van der Waals surface area contributed by atoms with Gasteiger partial charge in [0, 0.05) is 7.05 Å². The summed E-state index contributed by atoms with van der Waals surface area (Å²) in [7, 11) is 1.82. The van der Waals surface area contributed by atoms with Crippen LogP contribution < -0.4 is 15.8 Å². The molecule has 2 amide bonds. The number of nitrogens with two attached hydrogens (primary N) is 1. The van der Waals surface area contributed by atoms with Crippen LogP contribution in [0.4, 0.5) is 5.69 Å². The maximum Gasteiger partial charge on any atom is 0.250 e. The molecule has 0 saturated carbocycles. The van der Waals surface area contributed by atoms with E-state index in [4.69, 9.17) is 10.5 Å². The molecule has 0 unspecified atom stereocenters. The van der Waals surface area contributed by atoms with Crippen molar-refractivity contribution in [2.45, 2.75) is 25.6 Å². The third kappa shape index (κ3) is 5.18. The standard InChI is InChI=1S/C21H23N5O3S/c1-13-8-9-14(2)17(10-13)29-11-18-24-25-21(26(18)3)30-12-19(27)23-16-7-5-4-6-15(16)20(22)28/h4-10H,11-12H2,1-3H3,(H2,22,28)(H,23,27). The van der Waals surface area contributed by atoms with Crippen LogP contribution in [0.1, 0.15) is 27.3 Å². The first-order chi connectivity index (χ1) is 14.3. The Labute approximate surface area is 178 Å². The fraction of sp³-hybridized carbons (Fsp3) is 0.238. The molecule has 0 aliphatic rings. The molecule has 2 aromatic carbocycles. The van der Waals surface area contributed by atoms with Crippen LogP contribution >= 0.6 is 11.8 Å². The number of aromatic nitrogens is 3. The molecule has 30 heavy (non-hydrogen) atoms. The number of primary amides is 1. The number of nitrogens with zero attached hydrogens (tertiary/aromatic N) is 3. The van der Waals surface area contributed by atoms with Gasteiger partial charge in [-0.2, -0.15) is 0 Å². The SMILES string of the molecule is Cc1ccc(C)c(OCc2nnc(SCC(=O)Nc3ccccc3C(N)=O)n2C)c1. The highest BCUT2D eigenvalue weighted by atomic mass is 32.2. The van der Waals surface area contributed by atoms with E-state index in [9.17, 15) is 9.59 Å². The average Bonchev–Trinajstić information content (AvgIpc) is 3.07. The van der Waals surface area contributed by atoms with Crippen LogP contribution in [0, 0.1) is 13.8 Å². The number of rotatable bonds is 8. The quantitative estimate of drug-likeness (QED) is 0.537. The van der Waals surface area contributed by atoms with Gasteiger partial charge in [-0.05, 0) is 43.2 Å². The van der Waals surface area contributed by atoms with E-state index < -0.39 is 5.91 Å². The molecule has 0 radical (unpaired) electrons. The van der Waals surface area contributed by atoms with Crippen molar-refractivity contribution in [1.29, 1.82) is 0 Å². The van der Waals surface area contributed by atoms with E-state index in [0.29, 0.717) is 16.7 Å². The molecular weight excluding hydrogens is 402 g/mol. The summed E-state index contributed by atoms with van der Waals surface area (Å²) >= 11 is 1.24. The Bertz CT molecular complexity index is 1080. The Morgan fingerprint density at radius 1 is 1.17 bits per heavy atom. The highest BCUT2D eigenvalue weighted by Gasteiger charge is 2.14. The molecule has 3 rings (SSSR count). The number of amides is 2. The average molecular weight is 426 g/mol. The van der Waals surface area contributed by atoms with Crippen LogP contribution in [0.2, 0.25) is 0 Å². The first-order valence-corrected chi connectivity index (χ1v) is 10.2. The molecule has 3 N–H and O–H groups in total. The van der Waals surface area contributed by atoms with Crippen molar-refractivity contribution in [3.63, 3.8) is 0 Å². The number of ether oxygens (including phenoxy) is 1. The van der Waals surface area contributed by atoms with Crippen LogP contribution in [-0.4, -0.2) is 32.3 Å². The lowest BCUT2D eigenvalue weighted by Gasteiger charge is -2.10. The lowest BCUT2D eigenvalue weighted by molar-refractivity contribution is -0.113. The van der Waals surface area contributed by atoms with Crippen molar-refractivity contribution >= 4 is 29.3 Å². The summed E-state index contributed by atoms with van der Waals surface area (Å²) in [6.45, 7) is 4.27. The Hall–Kier alpha value is -3.33. The van der Waals surface area contributed by atoms with Gasteiger partial charge in [0.1, 0.15) is 12.4 Å². The number of benzene rings is 2. The number of aryl methyl sites for hydroxylation is 2. The van der Waals surface area contributed by atoms with E-state index in [1.807, 2.05) is 39.1 Å². The molecule has 9 heteroatoms. The van der Waals surface area contributed by atoms with Gasteiger partial charge in [-0.25, -0.2) is 0 Å². The van der Waals surface area contributed by atoms with Crippen molar-refractivity contribution in [1.82, 2.24) is 14.8 Å². The number of carbonyl (C=O) groups is 2. The zero-order valence-electron chi connectivity index (χ0n) is 17.0. The molecule has 0 aliphatic carbocycles. The molecule has 0 spiro atoms. The zero-order valence-corrected chi connectivity index (χ0v) is 17.8. The minimum atomic E-state index is -0.597. The second-order valence-electron chi connectivity index (χ2n) is 6.76. The monoisotopic (exact) mass is 425 g/mol. The van der Waals surface area contributed by atoms with Gasteiger partial charge < -0.3 is 20.4 Å². The first-order valence-electron chi connectivity index (χ1n) is 9.25. The number of nitrogens with one attached hydrogen (secondary N) is 1. The number of para-hydroxylation sites is 1. The maximum absolute atomic E-state index is 12.3. The minimum absolute atomic E-state index is 0.108. The molecule has 0 fully saturated rings. The fourth-order valence-corrected chi connectivity index (χ4v) is 3.45. The van der Waals surface area contributed by atoms with E-state index in [-0.39, 0.29) is 23.8 Å². The smallest absolute Gasteiger partial charge is 0.250 e. The maximum atomic E-state index is 12.3. The molecule has 1 aromatic heterocycles. The van der Waals surface area contributed by atoms with Gasteiger partial charge in [-0.1, -0.05) is 36.0 Å². The topological polar surface area (TPSA) is 112 Å². The Kier molecular flexibility index (Phi) is 6.73. The van der Waals surface area contributed by atoms with Gasteiger partial charge in [0.2, 0.25) is 5.91 Å². The second kappa shape index (κ2) is 9.45. The Balaban J connectivity index is 1.58. The predicted molar refractivity (Wildman–Crippen MR) is 116 cm³/mol. The lowest BCUT2D eigenvalue weighted by Crippen LogP contribution is -2.19. The van der Waals surface area contributed by atoms with Gasteiger partial charge in [-0.15, -0.1) is 10.2 Å². The molecule has 0 aliphatic heterocycles. The second-order valence-corrected chi connectivity index (χ2v) is 7.70. The third-order valence-electron chi connectivity index (χ3n) is 4.42. The first kappa shape index (κ1) is 21.4. The van der Waals surface area contributed by atoms with Crippen LogP contribution in [-0.2, 0) is 18.4 Å². The highest BCUT2D eigenvalue weighted by Crippen LogP contribution is 2.22. The van der Waals surface area contributed by atoms with E-state index in [1.165, 1.54) is 11.8 Å². The Morgan fingerprint density at radius 3 is 2.70 bits per heavy atom. The van der Waals surface area contributed by atoms with Gasteiger partial charge in [0.25, 0.3) is 5.91 Å². The van der Waals surface area contributed by atoms with Gasteiger partial charge in [-0.3, -0.25) is 9.59 Å². The van der Waals surface area contributed by atoms with Crippen LogP contribution in [0.15, 0.2) is 47.6 Å². The summed E-state index contributed by atoms with van der Waals surface area (Å²) in [6, 6.07) is 12.6. The van der Waals surface area contributed by atoms with Crippen molar-refractivity contribution < 1.29 is 14.3 Å². The molecule has 0 bridgehead atoms. The van der Waals surface area contributed by atoms with Crippen molar-refractivity contribution in [3.8, 4) is 5.75 Å². The molecule has 0 saturated heterocycles. The highest BCUT2D eigenvalue weighted by molar-refractivity contribution is 7.99. The van der Waals surface area contributed by atoms with E-state index in [0.717, 1.165) is 16.9 Å². The summed E-state index contributed by atoms with van der Waals surface area (Å²) in [6.07, 6.45) is 0. The van der Waals surface area contributed by atoms with Crippen molar-refractivity contribution in [3.05, 3.63) is 65.0 Å². The molecule has 8 nitrogen and oxygen atoms in total. The summed E-state index contributed by atoms with van der Waals surface area (Å²) in [5.74, 6) is 0.694. The molecule has 1 heterocycles. The number of hydrogen-bond donors (Lipinski definition) is 2. The third-order valence-corrected chi connectivity index (χ3v) is 5.44. The molecular formula is C21H23N5O3S. The molecule has 0 atom stereocenters. The summed E-state index contributed by atoms with van der Waals surface area (Å²) in [4.78, 5) is 23.8. The van der Waals surface area contributed by atoms with Crippen LogP contribution in [0.3, 0.4) is 0 Å². The minimum Gasteiger partial charge on any atom is -0.485 e. The van der Waals surface area contributed by atoms with Crippen LogP contribution in [0.5, 0.6) is 5.75 Å². The number of thioether (sulfide) groups is 1. The lowest BCUT2D eigenvalue weighted by atomic mass is 10.1. The summed E-state index contributed by atoms with van der Waals surface area (Å²) < 4.78 is 7.67. The Morgan fingerprint density at radius 2 is 1.93 bits per heavy atom. The molecule has 156 valence electrons. The van der Waals surface area contributed by atoms with Crippen molar-refractivity contribution in [2.24, 2.45) is 12.8 Å². The normalized spacial score (nSPS) is 10.6. The molecule has 3 aromatic rings. The number of hydrogen-bond acceptors (Lipinski definition) is 6. The number of carbonyl (C=O) groups excluding carboxylic acids is 2. The fourth-order valence-electron chi connectivity index (χ4n) is 2.72. The van der Waals surface area contributed by atoms with Gasteiger partial charge in [0.15, 0.2) is 11.0 Å². The summed E-state index contributed by atoms with van der Waals surface area (Å²) in [5.41, 5.74) is 8.15.